The zero-order chi connectivity index (χ0) is 8.98. The number of rotatable bonds is 0. The normalized spacial score (nSPS) is 59.0. The fraction of sp³-hybridized carbons (Fsp3) is 1.00. The molecule has 2 nitrogen and oxygen atoms in total. The minimum absolute atomic E-state index is 0.0492. The lowest BCUT2D eigenvalue weighted by Gasteiger charge is -2.35. The van der Waals surface area contributed by atoms with Crippen LogP contribution >= 0.6 is 0 Å². The molecule has 0 unspecified atom stereocenters. The summed E-state index contributed by atoms with van der Waals surface area (Å²) in [5, 5.41) is 0. The van der Waals surface area contributed by atoms with E-state index in [0.717, 1.165) is 13.2 Å². The van der Waals surface area contributed by atoms with Crippen LogP contribution in [-0.4, -0.2) is 24.4 Å². The van der Waals surface area contributed by atoms with Crippen LogP contribution in [0, 0.1) is 11.8 Å². The van der Waals surface area contributed by atoms with Gasteiger partial charge >= 0.3 is 0 Å². The number of fused-ring (bicyclic) bond motifs is 1. The van der Waals surface area contributed by atoms with E-state index in [1.807, 2.05) is 0 Å². The smallest absolute Gasteiger partial charge is 0.0990 e. The quantitative estimate of drug-likeness (QED) is 0.552. The van der Waals surface area contributed by atoms with E-state index >= 15 is 0 Å². The van der Waals surface area contributed by atoms with Crippen LogP contribution in [0.4, 0.5) is 0 Å². The first kappa shape index (κ1) is 8.52. The van der Waals surface area contributed by atoms with Crippen LogP contribution < -0.4 is 0 Å². The predicted octanol–water partition coefficient (Wildman–Crippen LogP) is 1.84. The van der Waals surface area contributed by atoms with Crippen molar-refractivity contribution in [3.05, 3.63) is 0 Å². The topological polar surface area (TPSA) is 18.5 Å². The third kappa shape index (κ3) is 0.728. The van der Waals surface area contributed by atoms with Crippen LogP contribution in [0.15, 0.2) is 0 Å². The summed E-state index contributed by atoms with van der Waals surface area (Å²) in [4.78, 5) is 0. The summed E-state index contributed by atoms with van der Waals surface area (Å²) in [6, 6.07) is 0. The van der Waals surface area contributed by atoms with Crippen molar-refractivity contribution in [2.24, 2.45) is 11.8 Å². The van der Waals surface area contributed by atoms with E-state index in [-0.39, 0.29) is 11.2 Å². The largest absolute Gasteiger partial charge is 0.372 e. The van der Waals surface area contributed by atoms with Gasteiger partial charge in [-0.25, -0.2) is 0 Å². The van der Waals surface area contributed by atoms with Crippen molar-refractivity contribution >= 4 is 0 Å². The van der Waals surface area contributed by atoms with Gasteiger partial charge in [0.05, 0.1) is 24.4 Å². The molecule has 0 saturated carbocycles. The fourth-order valence-electron chi connectivity index (χ4n) is 2.46. The zero-order valence-electron chi connectivity index (χ0n) is 8.39. The molecule has 0 aromatic carbocycles. The molecule has 0 aromatic rings. The highest BCUT2D eigenvalue weighted by molar-refractivity contribution is 5.10. The Morgan fingerprint density at radius 1 is 0.917 bits per heavy atom. The summed E-state index contributed by atoms with van der Waals surface area (Å²) in [6.45, 7) is 10.5. The Morgan fingerprint density at radius 2 is 1.25 bits per heavy atom. The summed E-state index contributed by atoms with van der Waals surface area (Å²) in [6.07, 6.45) is 0. The molecule has 2 aliphatic rings. The average molecular weight is 170 g/mol. The van der Waals surface area contributed by atoms with Crippen LogP contribution in [0.1, 0.15) is 27.7 Å². The molecule has 4 atom stereocenters. The Labute approximate surface area is 74.2 Å². The lowest BCUT2D eigenvalue weighted by atomic mass is 9.76. The second-order valence-corrected chi connectivity index (χ2v) is 4.64. The minimum Gasteiger partial charge on any atom is -0.372 e. The van der Waals surface area contributed by atoms with Crippen molar-refractivity contribution in [2.45, 2.75) is 38.9 Å². The molecule has 2 aliphatic heterocycles. The number of hydrogen-bond donors (Lipinski definition) is 0. The van der Waals surface area contributed by atoms with Crippen LogP contribution in [0.3, 0.4) is 0 Å². The second-order valence-electron chi connectivity index (χ2n) is 4.64. The molecule has 0 N–H and O–H groups in total. The maximum atomic E-state index is 5.87. The molecule has 2 fully saturated rings. The monoisotopic (exact) mass is 170 g/mol. The molecule has 0 spiro atoms. The Morgan fingerprint density at radius 3 is 1.58 bits per heavy atom. The molecule has 0 aromatic heterocycles. The summed E-state index contributed by atoms with van der Waals surface area (Å²) in [5.74, 6) is 1.04. The van der Waals surface area contributed by atoms with Gasteiger partial charge in [-0.05, 0) is 13.8 Å². The van der Waals surface area contributed by atoms with E-state index in [4.69, 9.17) is 9.47 Å². The Balaban J connectivity index is 2.37. The molecule has 2 rings (SSSR count). The van der Waals surface area contributed by atoms with Crippen molar-refractivity contribution in [1.29, 1.82) is 0 Å². The molecule has 0 aliphatic carbocycles. The first-order valence-corrected chi connectivity index (χ1v) is 4.78. The molecule has 2 heterocycles. The van der Waals surface area contributed by atoms with E-state index < -0.39 is 0 Å². The fourth-order valence-corrected chi connectivity index (χ4v) is 2.46. The molecule has 2 heteroatoms. The first-order valence-electron chi connectivity index (χ1n) is 4.78. The van der Waals surface area contributed by atoms with Crippen molar-refractivity contribution in [2.75, 3.05) is 13.2 Å². The standard InChI is InChI=1S/C10H18O2/c1-7-5-11-10(4)8(2)6-12-9(7,10)3/h7-8H,5-6H2,1-4H3/t7-,8-,9-,10-/m1/s1. The zero-order valence-corrected chi connectivity index (χ0v) is 8.39. The highest BCUT2D eigenvalue weighted by atomic mass is 16.6. The predicted molar refractivity (Wildman–Crippen MR) is 47.0 cm³/mol. The molecule has 0 amide bonds. The average Bonchev–Trinajstić information content (AvgIpc) is 2.39. The van der Waals surface area contributed by atoms with Gasteiger partial charge in [0.25, 0.3) is 0 Å². The SMILES string of the molecule is C[C@@H]1CO[C@]2(C)[C@H](C)CO[C@]12C. The molecule has 2 saturated heterocycles. The van der Waals surface area contributed by atoms with E-state index in [1.165, 1.54) is 0 Å². The molecule has 0 radical (unpaired) electrons. The van der Waals surface area contributed by atoms with Crippen LogP contribution in [0.5, 0.6) is 0 Å². The van der Waals surface area contributed by atoms with E-state index in [2.05, 4.69) is 27.7 Å². The van der Waals surface area contributed by atoms with Gasteiger partial charge in [0.2, 0.25) is 0 Å². The highest BCUT2D eigenvalue weighted by Crippen LogP contribution is 2.51. The third-order valence-corrected chi connectivity index (χ3v) is 4.13. The van der Waals surface area contributed by atoms with Crippen LogP contribution in [0.2, 0.25) is 0 Å². The van der Waals surface area contributed by atoms with Gasteiger partial charge in [-0.1, -0.05) is 13.8 Å². The summed E-state index contributed by atoms with van der Waals surface area (Å²) >= 11 is 0. The molecular formula is C10H18O2. The van der Waals surface area contributed by atoms with Crippen molar-refractivity contribution < 1.29 is 9.47 Å². The second kappa shape index (κ2) is 2.24. The van der Waals surface area contributed by atoms with Crippen molar-refractivity contribution in [3.63, 3.8) is 0 Å². The third-order valence-electron chi connectivity index (χ3n) is 4.13. The number of hydrogen-bond acceptors (Lipinski definition) is 2. The molecule has 12 heavy (non-hydrogen) atoms. The van der Waals surface area contributed by atoms with Gasteiger partial charge in [-0.2, -0.15) is 0 Å². The van der Waals surface area contributed by atoms with Gasteiger partial charge in [-0.15, -0.1) is 0 Å². The van der Waals surface area contributed by atoms with E-state index in [9.17, 15) is 0 Å². The maximum Gasteiger partial charge on any atom is 0.0990 e. The molecule has 0 bridgehead atoms. The Hall–Kier alpha value is -0.0800. The van der Waals surface area contributed by atoms with Gasteiger partial charge < -0.3 is 9.47 Å². The summed E-state index contributed by atoms with van der Waals surface area (Å²) < 4.78 is 11.7. The lowest BCUT2D eigenvalue weighted by Crippen LogP contribution is -2.48. The Kier molecular flexibility index (Phi) is 1.59. The van der Waals surface area contributed by atoms with Gasteiger partial charge in [0.1, 0.15) is 0 Å². The maximum absolute atomic E-state index is 5.87. The van der Waals surface area contributed by atoms with Gasteiger partial charge in [-0.3, -0.25) is 0 Å². The lowest BCUT2D eigenvalue weighted by molar-refractivity contribution is -0.0810. The number of ether oxygens (including phenoxy) is 2. The van der Waals surface area contributed by atoms with Crippen LogP contribution in [0.25, 0.3) is 0 Å². The van der Waals surface area contributed by atoms with E-state index in [0.29, 0.717) is 11.8 Å². The Bertz CT molecular complexity index is 182. The van der Waals surface area contributed by atoms with Gasteiger partial charge in [0, 0.05) is 11.8 Å². The van der Waals surface area contributed by atoms with Crippen molar-refractivity contribution in [3.8, 4) is 0 Å². The highest BCUT2D eigenvalue weighted by Gasteiger charge is 2.62. The van der Waals surface area contributed by atoms with E-state index in [1.54, 1.807) is 0 Å². The van der Waals surface area contributed by atoms with Crippen molar-refractivity contribution in [1.82, 2.24) is 0 Å². The summed E-state index contributed by atoms with van der Waals surface area (Å²) in [7, 11) is 0. The molecular weight excluding hydrogens is 152 g/mol. The molecule has 70 valence electrons. The summed E-state index contributed by atoms with van der Waals surface area (Å²) in [5.41, 5.74) is -0.0984. The van der Waals surface area contributed by atoms with Crippen LogP contribution in [-0.2, 0) is 9.47 Å². The minimum atomic E-state index is -0.0492. The first-order chi connectivity index (χ1) is 5.51. The van der Waals surface area contributed by atoms with Gasteiger partial charge in [0.15, 0.2) is 0 Å².